The minimum atomic E-state index is -2.27. The third-order valence-electron chi connectivity index (χ3n) is 22.8. The fourth-order valence-electron chi connectivity index (χ4n) is 17.7. The van der Waals surface area contributed by atoms with Gasteiger partial charge in [0.1, 0.15) is 91.6 Å². The topological polar surface area (TPSA) is 447 Å². The van der Waals surface area contributed by atoms with Crippen molar-refractivity contribution in [2.75, 3.05) is 19.8 Å². The van der Waals surface area contributed by atoms with Crippen LogP contribution < -0.4 is 0 Å². The fraction of sp³-hybridized carbons (Fsp3) is 0.917. The summed E-state index contributed by atoms with van der Waals surface area (Å²) in [5.74, 6) is -4.34. The number of hydrogen-bond donors (Lipinski definition) is 15. The molecule has 9 rings (SSSR count). The highest BCUT2D eigenvalue weighted by atomic mass is 16.8. The monoisotopic (exact) mass is 1260 g/mol. The van der Waals surface area contributed by atoms with Crippen LogP contribution >= 0.6 is 0 Å². The van der Waals surface area contributed by atoms with Crippen LogP contribution in [-0.4, -0.2) is 268 Å². The van der Waals surface area contributed by atoms with Crippen molar-refractivity contribution in [3.8, 4) is 0 Å². The zero-order valence-electron chi connectivity index (χ0n) is 51.7. The van der Waals surface area contributed by atoms with Crippen molar-refractivity contribution in [1.82, 2.24) is 0 Å². The van der Waals surface area contributed by atoms with Crippen LogP contribution in [0.25, 0.3) is 0 Å². The van der Waals surface area contributed by atoms with Crippen LogP contribution in [0.4, 0.5) is 0 Å². The molecule has 4 saturated carbocycles. The molecular formula is C60H96O28. The maximum Gasteiger partial charge on any atom is 0.335 e. The van der Waals surface area contributed by atoms with Crippen molar-refractivity contribution in [2.24, 2.45) is 56.2 Å². The van der Waals surface area contributed by atoms with E-state index in [-0.39, 0.29) is 11.8 Å². The molecule has 0 amide bonds. The fourth-order valence-corrected chi connectivity index (χ4v) is 17.7. The molecule has 4 saturated heterocycles. The van der Waals surface area contributed by atoms with Gasteiger partial charge in [-0.05, 0) is 79.4 Å². The average Bonchev–Trinajstić information content (AvgIpc) is 0.666. The number of carboxylic acids is 1. The number of carbonyl (C=O) groups excluding carboxylic acids is 2. The predicted molar refractivity (Wildman–Crippen MR) is 296 cm³/mol. The van der Waals surface area contributed by atoms with E-state index in [1.807, 2.05) is 20.8 Å². The molecule has 0 bridgehead atoms. The molecule has 0 radical (unpaired) electrons. The van der Waals surface area contributed by atoms with E-state index < -0.39 is 235 Å². The molecule has 0 aromatic heterocycles. The Bertz CT molecular complexity index is 2530. The van der Waals surface area contributed by atoms with E-state index in [9.17, 15) is 91.0 Å². The largest absolute Gasteiger partial charge is 0.479 e. The summed E-state index contributed by atoms with van der Waals surface area (Å²) in [7, 11) is 0. The average molecular weight is 1270 g/mol. The number of esters is 2. The lowest BCUT2D eigenvalue weighted by molar-refractivity contribution is -0.394. The number of ether oxygens (including phenoxy) is 10. The molecule has 0 spiro atoms. The second kappa shape index (κ2) is 25.2. The number of hydrogen-bond acceptors (Lipinski definition) is 27. The van der Waals surface area contributed by atoms with E-state index >= 15 is 0 Å². The Morgan fingerprint density at radius 1 is 0.602 bits per heavy atom. The number of rotatable bonds is 15. The Hall–Kier alpha value is -2.73. The molecule has 0 aromatic carbocycles. The van der Waals surface area contributed by atoms with E-state index in [2.05, 4.69) is 33.8 Å². The first kappa shape index (κ1) is 69.6. The molecule has 8 fully saturated rings. The van der Waals surface area contributed by atoms with Gasteiger partial charge in [-0.3, -0.25) is 9.59 Å². The standard InChI is InChI=1S/C60H96O28/c1-22(2)50(78)88-48-47(80-24(4)64)55(5,6)18-26-25-12-13-30-57(9)16-15-31(56(7,8)29(57)14-17-58(30,10)59(25,11)45(74)46(75)60(26,48)21-63)83-51-38(71)36(69)41(23(3)79-51)84-53-40(73)42(39(72)43(86-53)49(76)77)85-54-44(35(68)33(66)28(20-62)82-54)87-52-37(70)34(67)32(65)27(19-61)81-52/h12,22-23,26-48,51-54,61-63,65-75H,13-21H2,1-11H3,(H,76,77). The molecule has 5 aliphatic carbocycles. The second-order valence-corrected chi connectivity index (χ2v) is 28.7. The lowest BCUT2D eigenvalue weighted by Gasteiger charge is -2.73. The molecular weight excluding hydrogens is 1170 g/mol. The number of carbonyl (C=O) groups is 3. The first-order chi connectivity index (χ1) is 41.0. The maximum absolute atomic E-state index is 13.5. The Balaban J connectivity index is 0.912. The van der Waals surface area contributed by atoms with Gasteiger partial charge >= 0.3 is 17.9 Å². The summed E-state index contributed by atoms with van der Waals surface area (Å²) in [6.07, 6.45) is -38.6. The van der Waals surface area contributed by atoms with Gasteiger partial charge in [0.05, 0.1) is 55.6 Å². The van der Waals surface area contributed by atoms with Crippen molar-refractivity contribution in [2.45, 2.75) is 268 Å². The van der Waals surface area contributed by atoms with Crippen molar-refractivity contribution in [1.29, 1.82) is 0 Å². The number of aliphatic carboxylic acids is 1. The molecule has 4 heterocycles. The highest BCUT2D eigenvalue weighted by molar-refractivity contribution is 5.73. The van der Waals surface area contributed by atoms with Crippen molar-refractivity contribution < 1.29 is 138 Å². The SMILES string of the molecule is CC(=O)OC1C(OC(=O)C(C)C)C2(CO)C(CC1(C)C)C1=CCC3C4(C)CCC(OC5OC(C)C(OC6OC(C(=O)O)C(O)C(OC7OC(CO)C(O)C(O)C7OC7OC(CO)C(O)C(O)C7O)C6O)C(O)C5O)C(C)(C)C4CCC3(C)C1(C)C(O)C2O. The van der Waals surface area contributed by atoms with E-state index in [0.29, 0.717) is 38.5 Å². The maximum atomic E-state index is 13.5. The number of aliphatic hydroxyl groups excluding tert-OH is 14. The normalized spacial score (nSPS) is 51.6. The minimum Gasteiger partial charge on any atom is -0.479 e. The van der Waals surface area contributed by atoms with Crippen molar-refractivity contribution in [3.05, 3.63) is 11.6 Å². The second-order valence-electron chi connectivity index (χ2n) is 28.7. The molecule has 32 unspecified atom stereocenters. The molecule has 32 atom stereocenters. The number of carboxylic acid groups (broad SMARTS) is 1. The molecule has 15 N–H and O–H groups in total. The minimum absolute atomic E-state index is 0.0382. The van der Waals surface area contributed by atoms with E-state index in [0.717, 1.165) is 5.57 Å². The quantitative estimate of drug-likeness (QED) is 0.0448. The molecule has 88 heavy (non-hydrogen) atoms. The summed E-state index contributed by atoms with van der Waals surface area (Å²) >= 11 is 0. The first-order valence-electron chi connectivity index (χ1n) is 30.8. The van der Waals surface area contributed by atoms with Gasteiger partial charge in [-0.2, -0.15) is 0 Å². The van der Waals surface area contributed by atoms with Gasteiger partial charge in [0, 0.05) is 17.8 Å². The van der Waals surface area contributed by atoms with Crippen LogP contribution in [0, 0.1) is 56.2 Å². The number of fused-ring (bicyclic) bond motifs is 7. The molecule has 9 aliphatic rings. The molecule has 28 nitrogen and oxygen atoms in total. The Morgan fingerprint density at radius 3 is 1.75 bits per heavy atom. The van der Waals surface area contributed by atoms with Crippen LogP contribution in [0.15, 0.2) is 11.6 Å². The highest BCUT2D eigenvalue weighted by Crippen LogP contribution is 2.76. The zero-order chi connectivity index (χ0) is 65.2. The first-order valence-corrected chi connectivity index (χ1v) is 30.8. The van der Waals surface area contributed by atoms with E-state index in [1.54, 1.807) is 13.8 Å². The molecule has 4 aliphatic heterocycles. The van der Waals surface area contributed by atoms with Crippen molar-refractivity contribution in [3.63, 3.8) is 0 Å². The Labute approximate surface area is 510 Å². The van der Waals surface area contributed by atoms with Gasteiger partial charge in [0.2, 0.25) is 0 Å². The van der Waals surface area contributed by atoms with Gasteiger partial charge in [-0.15, -0.1) is 0 Å². The molecule has 504 valence electrons. The van der Waals surface area contributed by atoms with Crippen LogP contribution in [0.5, 0.6) is 0 Å². The number of aliphatic hydroxyl groups is 14. The summed E-state index contributed by atoms with van der Waals surface area (Å²) in [4.78, 5) is 38.8. The third kappa shape index (κ3) is 11.1. The van der Waals surface area contributed by atoms with E-state index in [4.69, 9.17) is 47.4 Å². The van der Waals surface area contributed by atoms with Gasteiger partial charge in [-0.25, -0.2) is 4.79 Å². The highest BCUT2D eigenvalue weighted by Gasteiger charge is 2.76. The zero-order valence-corrected chi connectivity index (χ0v) is 51.7. The molecule has 28 heteroatoms. The van der Waals surface area contributed by atoms with Gasteiger partial charge in [0.15, 0.2) is 37.4 Å². The lowest BCUT2D eigenvalue weighted by atomic mass is 9.32. The van der Waals surface area contributed by atoms with E-state index in [1.165, 1.54) is 13.8 Å². The van der Waals surface area contributed by atoms with Gasteiger partial charge in [0.25, 0.3) is 0 Å². The smallest absolute Gasteiger partial charge is 0.335 e. The van der Waals surface area contributed by atoms with Crippen LogP contribution in [0.3, 0.4) is 0 Å². The predicted octanol–water partition coefficient (Wildman–Crippen LogP) is -2.78. The third-order valence-corrected chi connectivity index (χ3v) is 22.8. The van der Waals surface area contributed by atoms with Gasteiger partial charge < -0.3 is 124 Å². The summed E-state index contributed by atoms with van der Waals surface area (Å²) < 4.78 is 59.3. The summed E-state index contributed by atoms with van der Waals surface area (Å²) in [5, 5.41) is 168. The summed E-state index contributed by atoms with van der Waals surface area (Å²) in [5.41, 5.74) is -4.37. The summed E-state index contributed by atoms with van der Waals surface area (Å²) in [6, 6.07) is 0. The van der Waals surface area contributed by atoms with Crippen LogP contribution in [-0.2, 0) is 61.8 Å². The van der Waals surface area contributed by atoms with Crippen LogP contribution in [0.2, 0.25) is 0 Å². The van der Waals surface area contributed by atoms with Gasteiger partial charge in [-0.1, -0.05) is 74.0 Å². The lowest BCUT2D eigenvalue weighted by Crippen LogP contribution is -2.76. The van der Waals surface area contributed by atoms with Crippen LogP contribution in [0.1, 0.15) is 115 Å². The van der Waals surface area contributed by atoms with Crippen molar-refractivity contribution >= 4 is 17.9 Å². The summed E-state index contributed by atoms with van der Waals surface area (Å²) in [6.45, 7) is 17.9. The Kier molecular flexibility index (Phi) is 19.9. The Morgan fingerprint density at radius 2 is 1.16 bits per heavy atom. The molecule has 0 aromatic rings. The number of allylic oxidation sites excluding steroid dienone is 1.